The Morgan fingerprint density at radius 1 is 1.32 bits per heavy atom. The molecule has 0 saturated heterocycles. The number of thiophene rings is 1. The standard InChI is InChI=1S/C22H20N6OS2/c1-2-12-7-8-16-14(9-12)19-20(24-16)26-22(28-27-19)30-11-18(29)25-21-15(10-23)13-5-3-4-6-17(13)31-21/h7-9H,2-6,11H2,1H3,(H,25,29)(H,24,26,28). The molecule has 31 heavy (non-hydrogen) atoms. The first-order valence-electron chi connectivity index (χ1n) is 10.3. The molecule has 0 bridgehead atoms. The molecule has 0 unspecified atom stereocenters. The summed E-state index contributed by atoms with van der Waals surface area (Å²) in [7, 11) is 0. The van der Waals surface area contributed by atoms with E-state index in [-0.39, 0.29) is 11.7 Å². The van der Waals surface area contributed by atoms with Gasteiger partial charge in [0.1, 0.15) is 16.6 Å². The number of H-pyrrole nitrogens is 1. The Kier molecular flexibility index (Phi) is 5.34. The van der Waals surface area contributed by atoms with Gasteiger partial charge in [-0.1, -0.05) is 24.8 Å². The maximum Gasteiger partial charge on any atom is 0.235 e. The van der Waals surface area contributed by atoms with Crippen molar-refractivity contribution in [3.8, 4) is 6.07 Å². The van der Waals surface area contributed by atoms with Gasteiger partial charge in [0.25, 0.3) is 0 Å². The van der Waals surface area contributed by atoms with Gasteiger partial charge in [-0.15, -0.1) is 21.5 Å². The number of rotatable bonds is 5. The van der Waals surface area contributed by atoms with Gasteiger partial charge >= 0.3 is 0 Å². The van der Waals surface area contributed by atoms with Gasteiger partial charge in [-0.05, 0) is 55.4 Å². The van der Waals surface area contributed by atoms with E-state index in [0.717, 1.165) is 54.1 Å². The first kappa shape index (κ1) is 20.0. The number of aromatic nitrogens is 4. The number of hydrogen-bond acceptors (Lipinski definition) is 7. The molecule has 1 aliphatic rings. The van der Waals surface area contributed by atoms with Crippen LogP contribution in [0.3, 0.4) is 0 Å². The van der Waals surface area contributed by atoms with Crippen LogP contribution in [0.25, 0.3) is 22.1 Å². The maximum absolute atomic E-state index is 12.5. The van der Waals surface area contributed by atoms with Crippen LogP contribution in [0.5, 0.6) is 0 Å². The number of nitrogens with one attached hydrogen (secondary N) is 2. The van der Waals surface area contributed by atoms with Crippen LogP contribution < -0.4 is 5.32 Å². The van der Waals surface area contributed by atoms with Crippen molar-refractivity contribution in [2.45, 2.75) is 44.2 Å². The molecule has 0 radical (unpaired) electrons. The highest BCUT2D eigenvalue weighted by molar-refractivity contribution is 7.99. The molecule has 0 spiro atoms. The number of aromatic amines is 1. The summed E-state index contributed by atoms with van der Waals surface area (Å²) < 4.78 is 0. The average Bonchev–Trinajstić information content (AvgIpc) is 3.33. The van der Waals surface area contributed by atoms with Crippen LogP contribution in [0.4, 0.5) is 5.00 Å². The fourth-order valence-corrected chi connectivity index (χ4v) is 5.79. The van der Waals surface area contributed by atoms with Gasteiger partial charge in [0.05, 0.1) is 11.3 Å². The first-order valence-corrected chi connectivity index (χ1v) is 12.1. The summed E-state index contributed by atoms with van der Waals surface area (Å²) in [4.78, 5) is 21.6. The van der Waals surface area contributed by atoms with E-state index in [1.54, 1.807) is 0 Å². The second kappa shape index (κ2) is 8.29. The molecular formula is C22H20N6OS2. The Bertz CT molecular complexity index is 1350. The van der Waals surface area contributed by atoms with Crippen molar-refractivity contribution >= 4 is 56.1 Å². The zero-order valence-electron chi connectivity index (χ0n) is 17.0. The summed E-state index contributed by atoms with van der Waals surface area (Å²) in [6, 6.07) is 8.50. The van der Waals surface area contributed by atoms with Gasteiger partial charge in [0.15, 0.2) is 5.65 Å². The smallest absolute Gasteiger partial charge is 0.235 e. The lowest BCUT2D eigenvalue weighted by molar-refractivity contribution is -0.113. The minimum Gasteiger partial charge on any atom is -0.338 e. The molecule has 1 aromatic carbocycles. The van der Waals surface area contributed by atoms with Crippen molar-refractivity contribution in [1.29, 1.82) is 5.26 Å². The van der Waals surface area contributed by atoms with Crippen LogP contribution in [0, 0.1) is 11.3 Å². The van der Waals surface area contributed by atoms with Crippen molar-refractivity contribution in [3.05, 3.63) is 39.8 Å². The van der Waals surface area contributed by atoms with Crippen LogP contribution in [-0.4, -0.2) is 31.8 Å². The molecule has 156 valence electrons. The minimum absolute atomic E-state index is 0.154. The molecule has 1 aliphatic carbocycles. The number of carbonyl (C=O) groups is 1. The van der Waals surface area contributed by atoms with Crippen LogP contribution >= 0.6 is 23.1 Å². The molecule has 4 aromatic rings. The summed E-state index contributed by atoms with van der Waals surface area (Å²) >= 11 is 2.76. The Hall–Kier alpha value is -2.96. The van der Waals surface area contributed by atoms with Crippen molar-refractivity contribution in [3.63, 3.8) is 0 Å². The number of amides is 1. The Balaban J connectivity index is 1.31. The predicted octanol–water partition coefficient (Wildman–Crippen LogP) is 4.61. The van der Waals surface area contributed by atoms with E-state index in [1.807, 2.05) is 6.07 Å². The zero-order chi connectivity index (χ0) is 21.4. The third-order valence-electron chi connectivity index (χ3n) is 5.54. The summed E-state index contributed by atoms with van der Waals surface area (Å²) in [6.07, 6.45) is 5.10. The summed E-state index contributed by atoms with van der Waals surface area (Å²) in [5, 5.41) is 23.1. The normalized spacial score (nSPS) is 13.3. The molecule has 0 aliphatic heterocycles. The third kappa shape index (κ3) is 3.77. The molecule has 9 heteroatoms. The summed E-state index contributed by atoms with van der Waals surface area (Å²) in [5.41, 5.74) is 5.35. The number of hydrogen-bond donors (Lipinski definition) is 2. The number of carbonyl (C=O) groups excluding carboxylic acids is 1. The number of thioether (sulfide) groups is 1. The van der Waals surface area contributed by atoms with E-state index < -0.39 is 0 Å². The van der Waals surface area contributed by atoms with Crippen molar-refractivity contribution in [2.75, 3.05) is 11.1 Å². The van der Waals surface area contributed by atoms with E-state index in [0.29, 0.717) is 21.4 Å². The van der Waals surface area contributed by atoms with Gasteiger partial charge in [-0.25, -0.2) is 4.98 Å². The predicted molar refractivity (Wildman–Crippen MR) is 124 cm³/mol. The quantitative estimate of drug-likeness (QED) is 0.432. The minimum atomic E-state index is -0.173. The molecule has 3 aromatic heterocycles. The SMILES string of the molecule is CCc1ccc2[nH]c3nc(SCC(=O)Nc4sc5c(c4C#N)CCCC5)nnc3c2c1. The van der Waals surface area contributed by atoms with Crippen LogP contribution in [0.1, 0.15) is 41.3 Å². The highest BCUT2D eigenvalue weighted by atomic mass is 32.2. The van der Waals surface area contributed by atoms with Crippen molar-refractivity contribution < 1.29 is 4.79 Å². The second-order valence-electron chi connectivity index (χ2n) is 7.51. The van der Waals surface area contributed by atoms with Gasteiger partial charge < -0.3 is 10.3 Å². The van der Waals surface area contributed by atoms with E-state index in [1.165, 1.54) is 33.5 Å². The van der Waals surface area contributed by atoms with Crippen molar-refractivity contribution in [2.24, 2.45) is 0 Å². The lowest BCUT2D eigenvalue weighted by Crippen LogP contribution is -2.14. The van der Waals surface area contributed by atoms with Gasteiger partial charge in [-0.3, -0.25) is 4.79 Å². The molecule has 3 heterocycles. The average molecular weight is 449 g/mol. The lowest BCUT2D eigenvalue weighted by Gasteiger charge is -2.09. The fraction of sp³-hybridized carbons (Fsp3) is 0.318. The molecule has 7 nitrogen and oxygen atoms in total. The highest BCUT2D eigenvalue weighted by Gasteiger charge is 2.22. The maximum atomic E-state index is 12.5. The Labute approximate surface area is 187 Å². The highest BCUT2D eigenvalue weighted by Crippen LogP contribution is 2.37. The van der Waals surface area contributed by atoms with Crippen LogP contribution in [0.2, 0.25) is 0 Å². The summed E-state index contributed by atoms with van der Waals surface area (Å²) in [5.74, 6) is -0.0195. The van der Waals surface area contributed by atoms with E-state index in [2.05, 4.69) is 50.6 Å². The monoisotopic (exact) mass is 448 g/mol. The molecule has 0 atom stereocenters. The van der Waals surface area contributed by atoms with Crippen LogP contribution in [0.15, 0.2) is 23.4 Å². The lowest BCUT2D eigenvalue weighted by atomic mass is 9.96. The number of fused-ring (bicyclic) bond motifs is 4. The van der Waals surface area contributed by atoms with E-state index in [9.17, 15) is 10.1 Å². The largest absolute Gasteiger partial charge is 0.338 e. The molecule has 2 N–H and O–H groups in total. The molecule has 0 saturated carbocycles. The van der Waals surface area contributed by atoms with E-state index >= 15 is 0 Å². The number of aryl methyl sites for hydroxylation is 2. The summed E-state index contributed by atoms with van der Waals surface area (Å²) in [6.45, 7) is 2.12. The fourth-order valence-electron chi connectivity index (χ4n) is 3.95. The first-order chi connectivity index (χ1) is 15.2. The number of anilines is 1. The number of nitrogens with zero attached hydrogens (tertiary/aromatic N) is 4. The molecule has 0 fully saturated rings. The molecule has 1 amide bonds. The molecular weight excluding hydrogens is 428 g/mol. The second-order valence-corrected chi connectivity index (χ2v) is 9.56. The topological polar surface area (TPSA) is 107 Å². The number of nitriles is 1. The Morgan fingerprint density at radius 2 is 2.19 bits per heavy atom. The Morgan fingerprint density at radius 3 is 3.03 bits per heavy atom. The van der Waals surface area contributed by atoms with Gasteiger partial charge in [0.2, 0.25) is 11.1 Å². The van der Waals surface area contributed by atoms with Crippen molar-refractivity contribution in [1.82, 2.24) is 20.2 Å². The van der Waals surface area contributed by atoms with E-state index in [4.69, 9.17) is 0 Å². The van der Waals surface area contributed by atoms with Gasteiger partial charge in [-0.2, -0.15) is 5.26 Å². The van der Waals surface area contributed by atoms with Gasteiger partial charge in [0, 0.05) is 15.8 Å². The molecule has 5 rings (SSSR count). The third-order valence-corrected chi connectivity index (χ3v) is 7.58. The van der Waals surface area contributed by atoms with Crippen LogP contribution in [-0.2, 0) is 24.1 Å². The number of benzene rings is 1. The zero-order valence-corrected chi connectivity index (χ0v) is 18.6.